The number of nitrogens with one attached hydrogen (secondary N) is 2. The van der Waals surface area contributed by atoms with Gasteiger partial charge < -0.3 is 5.32 Å². The van der Waals surface area contributed by atoms with Gasteiger partial charge in [0.25, 0.3) is 5.91 Å². The number of benzene rings is 2. The van der Waals surface area contributed by atoms with Gasteiger partial charge in [0.1, 0.15) is 5.82 Å². The second-order valence-corrected chi connectivity index (χ2v) is 6.43. The van der Waals surface area contributed by atoms with E-state index >= 15 is 0 Å². The van der Waals surface area contributed by atoms with Crippen LogP contribution in [0.3, 0.4) is 0 Å². The third kappa shape index (κ3) is 3.90. The summed E-state index contributed by atoms with van der Waals surface area (Å²) >= 11 is 0. The lowest BCUT2D eigenvalue weighted by molar-refractivity contribution is 0.0950. The van der Waals surface area contributed by atoms with Crippen LogP contribution in [0, 0.1) is 5.82 Å². The molecule has 2 aromatic rings. The maximum absolute atomic E-state index is 12.8. The molecule has 0 saturated carbocycles. The lowest BCUT2D eigenvalue weighted by atomic mass is 10.2. The van der Waals surface area contributed by atoms with Crippen LogP contribution in [-0.2, 0) is 16.6 Å². The number of hydrogen-bond donors (Lipinski definition) is 2. The monoisotopic (exact) mass is 322 g/mol. The van der Waals surface area contributed by atoms with Gasteiger partial charge in [-0.2, -0.15) is 0 Å². The van der Waals surface area contributed by atoms with Crippen molar-refractivity contribution >= 4 is 15.9 Å². The van der Waals surface area contributed by atoms with Crippen LogP contribution in [0.5, 0.6) is 0 Å². The molecule has 0 heterocycles. The van der Waals surface area contributed by atoms with Crippen molar-refractivity contribution in [2.24, 2.45) is 0 Å². The predicted molar refractivity (Wildman–Crippen MR) is 80.3 cm³/mol. The fraction of sp³-hybridized carbons (Fsp3) is 0.133. The highest BCUT2D eigenvalue weighted by Crippen LogP contribution is 2.11. The summed E-state index contributed by atoms with van der Waals surface area (Å²) in [6.45, 7) is 0.224. The van der Waals surface area contributed by atoms with E-state index in [1.807, 2.05) is 0 Å². The van der Waals surface area contributed by atoms with Gasteiger partial charge in [0.15, 0.2) is 0 Å². The molecule has 7 heteroatoms. The molecule has 2 rings (SSSR count). The Balaban J connectivity index is 2.10. The number of amides is 1. The van der Waals surface area contributed by atoms with Crippen LogP contribution in [0.4, 0.5) is 4.39 Å². The molecule has 0 radical (unpaired) electrons. The molecule has 116 valence electrons. The average Bonchev–Trinajstić information content (AvgIpc) is 2.54. The van der Waals surface area contributed by atoms with Gasteiger partial charge in [-0.05, 0) is 42.9 Å². The lowest BCUT2D eigenvalue weighted by Crippen LogP contribution is -2.24. The highest BCUT2D eigenvalue weighted by atomic mass is 32.2. The minimum absolute atomic E-state index is 0.0180. The molecular weight excluding hydrogens is 307 g/mol. The van der Waals surface area contributed by atoms with Crippen LogP contribution in [0.15, 0.2) is 53.4 Å². The van der Waals surface area contributed by atoms with E-state index in [-0.39, 0.29) is 22.8 Å². The largest absolute Gasteiger partial charge is 0.348 e. The molecule has 0 atom stereocenters. The van der Waals surface area contributed by atoms with Crippen molar-refractivity contribution in [3.8, 4) is 0 Å². The molecule has 5 nitrogen and oxygen atoms in total. The number of sulfonamides is 1. The van der Waals surface area contributed by atoms with Gasteiger partial charge in [0.05, 0.1) is 4.90 Å². The Hall–Kier alpha value is -2.25. The first-order chi connectivity index (χ1) is 10.4. The van der Waals surface area contributed by atoms with E-state index in [4.69, 9.17) is 0 Å². The first-order valence-electron chi connectivity index (χ1n) is 6.48. The van der Waals surface area contributed by atoms with Crippen molar-refractivity contribution in [1.29, 1.82) is 0 Å². The van der Waals surface area contributed by atoms with Gasteiger partial charge in [-0.1, -0.05) is 18.2 Å². The highest BCUT2D eigenvalue weighted by Gasteiger charge is 2.14. The van der Waals surface area contributed by atoms with Gasteiger partial charge in [-0.25, -0.2) is 17.5 Å². The molecule has 0 fully saturated rings. The summed E-state index contributed by atoms with van der Waals surface area (Å²) in [6.07, 6.45) is 0. The van der Waals surface area contributed by atoms with Crippen molar-refractivity contribution in [1.82, 2.24) is 10.0 Å². The molecule has 2 aromatic carbocycles. The zero-order valence-corrected chi connectivity index (χ0v) is 12.7. The Labute approximate surface area is 128 Å². The molecule has 0 aliphatic heterocycles. The zero-order chi connectivity index (χ0) is 16.2. The van der Waals surface area contributed by atoms with Gasteiger partial charge in [-0.15, -0.1) is 0 Å². The van der Waals surface area contributed by atoms with Crippen LogP contribution in [0.25, 0.3) is 0 Å². The van der Waals surface area contributed by atoms with Gasteiger partial charge >= 0.3 is 0 Å². The van der Waals surface area contributed by atoms with Gasteiger partial charge in [-0.3, -0.25) is 4.79 Å². The van der Waals surface area contributed by atoms with Crippen molar-refractivity contribution in [2.75, 3.05) is 7.05 Å². The molecule has 0 bridgehead atoms. The smallest absolute Gasteiger partial charge is 0.251 e. The Morgan fingerprint density at radius 2 is 1.82 bits per heavy atom. The molecular formula is C15H15FN2O3S. The van der Waals surface area contributed by atoms with E-state index in [1.165, 1.54) is 43.4 Å². The summed E-state index contributed by atoms with van der Waals surface area (Å²) in [5.41, 5.74) is 0.979. The third-order valence-corrected chi connectivity index (χ3v) is 4.45. The summed E-state index contributed by atoms with van der Waals surface area (Å²) in [5.74, 6) is -0.752. The second-order valence-electron chi connectivity index (χ2n) is 4.54. The van der Waals surface area contributed by atoms with Gasteiger partial charge in [0.2, 0.25) is 10.0 Å². The summed E-state index contributed by atoms with van der Waals surface area (Å²) in [4.78, 5) is 12.1. The fourth-order valence-corrected chi connectivity index (χ4v) is 2.58. The van der Waals surface area contributed by atoms with Crippen LogP contribution in [-0.4, -0.2) is 21.4 Å². The molecule has 22 heavy (non-hydrogen) atoms. The minimum atomic E-state index is -3.60. The SMILES string of the molecule is CNS(=O)(=O)c1cccc(C(=O)NCc2ccc(F)cc2)c1. The number of carbonyl (C=O) groups is 1. The van der Waals surface area contributed by atoms with Crippen molar-refractivity contribution in [3.63, 3.8) is 0 Å². The zero-order valence-electron chi connectivity index (χ0n) is 11.8. The Bertz CT molecular complexity index is 774. The van der Waals surface area contributed by atoms with E-state index in [9.17, 15) is 17.6 Å². The average molecular weight is 322 g/mol. The molecule has 0 aromatic heterocycles. The molecule has 0 spiro atoms. The topological polar surface area (TPSA) is 75.3 Å². The van der Waals surface area contributed by atoms with Crippen molar-refractivity contribution < 1.29 is 17.6 Å². The number of halogens is 1. The Kier molecular flexibility index (Phi) is 4.89. The predicted octanol–water partition coefficient (Wildman–Crippen LogP) is 1.66. The Morgan fingerprint density at radius 1 is 1.14 bits per heavy atom. The minimum Gasteiger partial charge on any atom is -0.348 e. The molecule has 0 unspecified atom stereocenters. The quantitative estimate of drug-likeness (QED) is 0.879. The summed E-state index contributed by atoms with van der Waals surface area (Å²) in [5, 5.41) is 2.65. The number of rotatable bonds is 5. The molecule has 0 saturated heterocycles. The van der Waals surface area contributed by atoms with E-state index in [0.29, 0.717) is 0 Å². The fourth-order valence-electron chi connectivity index (χ4n) is 1.81. The summed E-state index contributed by atoms with van der Waals surface area (Å²) in [7, 11) is -2.30. The van der Waals surface area contributed by atoms with Gasteiger partial charge in [0, 0.05) is 12.1 Å². The molecule has 2 N–H and O–H groups in total. The highest BCUT2D eigenvalue weighted by molar-refractivity contribution is 7.89. The van der Waals surface area contributed by atoms with E-state index in [0.717, 1.165) is 5.56 Å². The summed E-state index contributed by atoms with van der Waals surface area (Å²) < 4.78 is 38.4. The van der Waals surface area contributed by atoms with E-state index in [1.54, 1.807) is 12.1 Å². The van der Waals surface area contributed by atoms with E-state index < -0.39 is 15.9 Å². The lowest BCUT2D eigenvalue weighted by Gasteiger charge is -2.07. The second kappa shape index (κ2) is 6.67. The molecule has 1 amide bonds. The first kappa shape index (κ1) is 16.1. The van der Waals surface area contributed by atoms with Crippen molar-refractivity contribution in [3.05, 3.63) is 65.5 Å². The third-order valence-electron chi connectivity index (χ3n) is 3.04. The van der Waals surface area contributed by atoms with E-state index in [2.05, 4.69) is 10.0 Å². The summed E-state index contributed by atoms with van der Waals surface area (Å²) in [6, 6.07) is 11.5. The number of hydrogen-bond acceptors (Lipinski definition) is 3. The maximum Gasteiger partial charge on any atom is 0.251 e. The number of carbonyl (C=O) groups excluding carboxylic acids is 1. The maximum atomic E-state index is 12.8. The molecule has 0 aliphatic carbocycles. The van der Waals surface area contributed by atoms with Crippen LogP contribution in [0.1, 0.15) is 15.9 Å². The standard InChI is InChI=1S/C15H15FN2O3S/c1-17-22(20,21)14-4-2-3-12(9-14)15(19)18-10-11-5-7-13(16)8-6-11/h2-9,17H,10H2,1H3,(H,18,19). The van der Waals surface area contributed by atoms with Crippen molar-refractivity contribution in [2.45, 2.75) is 11.4 Å². The normalized spacial score (nSPS) is 11.2. The van der Waals surface area contributed by atoms with Crippen LogP contribution in [0.2, 0.25) is 0 Å². The Morgan fingerprint density at radius 3 is 2.45 bits per heavy atom. The molecule has 0 aliphatic rings. The van der Waals surface area contributed by atoms with Crippen LogP contribution < -0.4 is 10.0 Å². The van der Waals surface area contributed by atoms with Crippen LogP contribution >= 0.6 is 0 Å². The first-order valence-corrected chi connectivity index (χ1v) is 7.97.